The lowest BCUT2D eigenvalue weighted by Gasteiger charge is -2.29. The number of imidazole rings is 1. The first-order valence-corrected chi connectivity index (χ1v) is 7.35. The molecule has 0 spiro atoms. The maximum Gasteiger partial charge on any atom is 0.201 e. The number of nitrogens with one attached hydrogen (secondary N) is 2. The molecule has 1 unspecified atom stereocenters. The molecular formula is C15H21FN4. The van der Waals surface area contributed by atoms with Gasteiger partial charge in [-0.05, 0) is 51.1 Å². The van der Waals surface area contributed by atoms with Crippen molar-refractivity contribution < 1.29 is 4.39 Å². The van der Waals surface area contributed by atoms with Crippen molar-refractivity contribution in [3.63, 3.8) is 0 Å². The van der Waals surface area contributed by atoms with E-state index < -0.39 is 0 Å². The Morgan fingerprint density at radius 1 is 1.35 bits per heavy atom. The summed E-state index contributed by atoms with van der Waals surface area (Å²) in [5.41, 5.74) is 1.52. The fraction of sp³-hybridized carbons (Fsp3) is 0.533. The molecule has 0 bridgehead atoms. The molecular weight excluding hydrogens is 255 g/mol. The number of halogens is 1. The van der Waals surface area contributed by atoms with Crippen LogP contribution in [0.3, 0.4) is 0 Å². The lowest BCUT2D eigenvalue weighted by atomic mass is 10.1. The summed E-state index contributed by atoms with van der Waals surface area (Å²) in [7, 11) is 0. The van der Waals surface area contributed by atoms with Gasteiger partial charge >= 0.3 is 0 Å². The highest BCUT2D eigenvalue weighted by Crippen LogP contribution is 2.16. The van der Waals surface area contributed by atoms with Crippen molar-refractivity contribution in [3.05, 3.63) is 24.0 Å². The molecule has 4 nitrogen and oxygen atoms in total. The summed E-state index contributed by atoms with van der Waals surface area (Å²) in [6.45, 7) is 5.56. The monoisotopic (exact) mass is 276 g/mol. The van der Waals surface area contributed by atoms with E-state index in [1.54, 1.807) is 6.07 Å². The van der Waals surface area contributed by atoms with Crippen LogP contribution in [-0.4, -0.2) is 40.5 Å². The number of hydrogen-bond donors (Lipinski definition) is 2. The second-order valence-corrected chi connectivity index (χ2v) is 5.65. The van der Waals surface area contributed by atoms with Crippen molar-refractivity contribution >= 4 is 17.0 Å². The Labute approximate surface area is 118 Å². The van der Waals surface area contributed by atoms with Crippen LogP contribution < -0.4 is 5.32 Å². The molecule has 1 fully saturated rings. The number of anilines is 1. The Bertz CT molecular complexity index is 574. The molecule has 0 radical (unpaired) electrons. The third-order valence-electron chi connectivity index (χ3n) is 3.81. The van der Waals surface area contributed by atoms with Crippen molar-refractivity contribution in [1.82, 2.24) is 14.9 Å². The molecule has 1 aromatic heterocycles. The van der Waals surface area contributed by atoms with Crippen molar-refractivity contribution in [2.75, 3.05) is 25.0 Å². The predicted octanol–water partition coefficient (Wildman–Crippen LogP) is 2.99. The van der Waals surface area contributed by atoms with E-state index in [2.05, 4.69) is 27.1 Å². The highest BCUT2D eigenvalue weighted by Gasteiger charge is 2.14. The predicted molar refractivity (Wildman–Crippen MR) is 79.4 cm³/mol. The number of likely N-dealkylation sites (tertiary alicyclic amines) is 1. The minimum Gasteiger partial charge on any atom is -0.352 e. The number of piperidine rings is 1. The van der Waals surface area contributed by atoms with Gasteiger partial charge < -0.3 is 15.2 Å². The Hall–Kier alpha value is -1.62. The smallest absolute Gasteiger partial charge is 0.201 e. The maximum atomic E-state index is 13.1. The minimum atomic E-state index is -0.242. The molecule has 1 aliphatic heterocycles. The third-order valence-corrected chi connectivity index (χ3v) is 3.81. The number of aromatic nitrogens is 2. The normalized spacial score (nSPS) is 18.3. The Morgan fingerprint density at radius 2 is 2.15 bits per heavy atom. The topological polar surface area (TPSA) is 44.0 Å². The largest absolute Gasteiger partial charge is 0.352 e. The zero-order chi connectivity index (χ0) is 13.9. The number of benzene rings is 1. The van der Waals surface area contributed by atoms with E-state index in [0.29, 0.717) is 6.04 Å². The first-order valence-electron chi connectivity index (χ1n) is 7.35. The molecule has 2 heterocycles. The second kappa shape index (κ2) is 5.79. The van der Waals surface area contributed by atoms with Crippen LogP contribution in [0, 0.1) is 5.82 Å². The van der Waals surface area contributed by atoms with Gasteiger partial charge in [-0.3, -0.25) is 0 Å². The summed E-state index contributed by atoms with van der Waals surface area (Å²) >= 11 is 0. The van der Waals surface area contributed by atoms with E-state index in [0.717, 1.165) is 23.5 Å². The van der Waals surface area contributed by atoms with Crippen LogP contribution in [-0.2, 0) is 0 Å². The summed E-state index contributed by atoms with van der Waals surface area (Å²) in [5.74, 6) is 0.476. The van der Waals surface area contributed by atoms with Gasteiger partial charge in [-0.15, -0.1) is 0 Å². The van der Waals surface area contributed by atoms with Gasteiger partial charge in [0.15, 0.2) is 0 Å². The number of H-pyrrole nitrogens is 1. The molecule has 2 N–H and O–H groups in total. The lowest BCUT2D eigenvalue weighted by molar-refractivity contribution is 0.223. The number of hydrogen-bond acceptors (Lipinski definition) is 3. The first kappa shape index (κ1) is 13.4. The molecule has 5 heteroatoms. The van der Waals surface area contributed by atoms with Crippen molar-refractivity contribution in [1.29, 1.82) is 0 Å². The average molecular weight is 276 g/mol. The highest BCUT2D eigenvalue weighted by molar-refractivity contribution is 5.77. The van der Waals surface area contributed by atoms with E-state index in [4.69, 9.17) is 0 Å². The van der Waals surface area contributed by atoms with E-state index in [9.17, 15) is 4.39 Å². The fourth-order valence-corrected chi connectivity index (χ4v) is 2.86. The standard InChI is InChI=1S/C15H21FN4/c1-11(10-20-7-3-2-4-8-20)17-15-18-13-6-5-12(16)9-14(13)19-15/h5-6,9,11H,2-4,7-8,10H2,1H3,(H2,17,18,19). The summed E-state index contributed by atoms with van der Waals surface area (Å²) in [6, 6.07) is 4.92. The zero-order valence-electron chi connectivity index (χ0n) is 11.8. The Kier molecular flexibility index (Phi) is 3.87. The fourth-order valence-electron chi connectivity index (χ4n) is 2.86. The summed E-state index contributed by atoms with van der Waals surface area (Å²) < 4.78 is 13.1. The molecule has 0 amide bonds. The molecule has 108 valence electrons. The van der Waals surface area contributed by atoms with Crippen molar-refractivity contribution in [2.45, 2.75) is 32.2 Å². The van der Waals surface area contributed by atoms with Gasteiger partial charge in [-0.2, -0.15) is 0 Å². The van der Waals surface area contributed by atoms with Gasteiger partial charge in [0.05, 0.1) is 11.0 Å². The van der Waals surface area contributed by atoms with E-state index in [1.807, 2.05) is 0 Å². The second-order valence-electron chi connectivity index (χ2n) is 5.65. The zero-order valence-corrected chi connectivity index (χ0v) is 11.8. The average Bonchev–Trinajstić information content (AvgIpc) is 2.80. The molecule has 1 aromatic carbocycles. The molecule has 0 saturated carbocycles. The van der Waals surface area contributed by atoms with Crippen molar-refractivity contribution in [3.8, 4) is 0 Å². The van der Waals surface area contributed by atoms with Crippen LogP contribution in [0.25, 0.3) is 11.0 Å². The van der Waals surface area contributed by atoms with Crippen LogP contribution in [0.15, 0.2) is 18.2 Å². The number of fused-ring (bicyclic) bond motifs is 1. The summed E-state index contributed by atoms with van der Waals surface area (Å²) in [5, 5.41) is 3.37. The summed E-state index contributed by atoms with van der Waals surface area (Å²) in [6.07, 6.45) is 3.96. The molecule has 3 rings (SSSR count). The van der Waals surface area contributed by atoms with Gasteiger partial charge in [-0.25, -0.2) is 9.37 Å². The van der Waals surface area contributed by atoms with Gasteiger partial charge in [-0.1, -0.05) is 6.42 Å². The first-order chi connectivity index (χ1) is 9.70. The van der Waals surface area contributed by atoms with Gasteiger partial charge in [0, 0.05) is 12.6 Å². The van der Waals surface area contributed by atoms with E-state index in [1.165, 1.54) is 44.5 Å². The van der Waals surface area contributed by atoms with Crippen molar-refractivity contribution in [2.24, 2.45) is 0 Å². The van der Waals surface area contributed by atoms with Crippen LogP contribution in [0.2, 0.25) is 0 Å². The molecule has 1 atom stereocenters. The molecule has 20 heavy (non-hydrogen) atoms. The SMILES string of the molecule is CC(CN1CCCCC1)Nc1nc2ccc(F)cc2[nH]1. The third kappa shape index (κ3) is 3.10. The molecule has 1 saturated heterocycles. The van der Waals surface area contributed by atoms with Gasteiger partial charge in [0.1, 0.15) is 5.82 Å². The molecule has 2 aromatic rings. The van der Waals surface area contributed by atoms with E-state index in [-0.39, 0.29) is 5.82 Å². The Morgan fingerprint density at radius 3 is 2.95 bits per heavy atom. The van der Waals surface area contributed by atoms with E-state index >= 15 is 0 Å². The number of aromatic amines is 1. The quantitative estimate of drug-likeness (QED) is 0.902. The van der Waals surface area contributed by atoms with Crippen LogP contribution in [0.1, 0.15) is 26.2 Å². The Balaban J connectivity index is 1.63. The number of rotatable bonds is 4. The summed E-state index contributed by atoms with van der Waals surface area (Å²) in [4.78, 5) is 10.0. The molecule has 1 aliphatic rings. The van der Waals surface area contributed by atoms with Crippen LogP contribution in [0.4, 0.5) is 10.3 Å². The van der Waals surface area contributed by atoms with Gasteiger partial charge in [0.2, 0.25) is 5.95 Å². The van der Waals surface area contributed by atoms with Gasteiger partial charge in [0.25, 0.3) is 0 Å². The van der Waals surface area contributed by atoms with Crippen LogP contribution in [0.5, 0.6) is 0 Å². The highest BCUT2D eigenvalue weighted by atomic mass is 19.1. The minimum absolute atomic E-state index is 0.242. The maximum absolute atomic E-state index is 13.1. The number of nitrogens with zero attached hydrogens (tertiary/aromatic N) is 2. The molecule has 0 aliphatic carbocycles. The lowest BCUT2D eigenvalue weighted by Crippen LogP contribution is -2.38. The van der Waals surface area contributed by atoms with Crippen LogP contribution >= 0.6 is 0 Å².